The maximum absolute atomic E-state index is 9.52. The fourth-order valence-corrected chi connectivity index (χ4v) is 4.43. The van der Waals surface area contributed by atoms with E-state index in [0.29, 0.717) is 30.5 Å². The highest BCUT2D eigenvalue weighted by atomic mass is 16.3. The van der Waals surface area contributed by atoms with E-state index in [9.17, 15) is 5.11 Å². The minimum Gasteiger partial charge on any atom is -0.396 e. The molecule has 0 spiro atoms. The number of aliphatic hydroxyl groups excluding tert-OH is 1. The molecule has 0 amide bonds. The summed E-state index contributed by atoms with van der Waals surface area (Å²) in [7, 11) is 0. The Bertz CT molecular complexity index is 696. The summed E-state index contributed by atoms with van der Waals surface area (Å²) in [5.74, 6) is 1.09. The van der Waals surface area contributed by atoms with Gasteiger partial charge in [0.2, 0.25) is 5.65 Å². The number of hydrogen-bond donors (Lipinski definition) is 1. The molecule has 5 rings (SSSR count). The van der Waals surface area contributed by atoms with Crippen molar-refractivity contribution in [2.24, 2.45) is 5.92 Å². The number of hydrogen-bond acceptors (Lipinski definition) is 5. The Kier molecular flexibility index (Phi) is 2.71. The van der Waals surface area contributed by atoms with Crippen LogP contribution in [0.2, 0.25) is 0 Å². The smallest absolute Gasteiger partial charge is 0.200 e. The van der Waals surface area contributed by atoms with Gasteiger partial charge in [-0.1, -0.05) is 0 Å². The molecule has 3 aliphatic rings. The fraction of sp³-hybridized carbons (Fsp3) is 0.688. The fourth-order valence-electron chi connectivity index (χ4n) is 4.43. The molecule has 2 aliphatic heterocycles. The van der Waals surface area contributed by atoms with Crippen molar-refractivity contribution < 1.29 is 5.11 Å². The molecule has 2 aromatic rings. The van der Waals surface area contributed by atoms with E-state index in [1.54, 1.807) is 6.33 Å². The quantitative estimate of drug-likeness (QED) is 0.935. The lowest BCUT2D eigenvalue weighted by atomic mass is 9.91. The Morgan fingerprint density at radius 3 is 2.59 bits per heavy atom. The monoisotopic (exact) mass is 299 g/mol. The van der Waals surface area contributed by atoms with Crippen LogP contribution in [-0.2, 0) is 0 Å². The molecule has 22 heavy (non-hydrogen) atoms. The highest BCUT2D eigenvalue weighted by Gasteiger charge is 2.42. The first-order valence-electron chi connectivity index (χ1n) is 8.43. The minimum atomic E-state index is 0.324. The van der Waals surface area contributed by atoms with Gasteiger partial charge in [-0.05, 0) is 50.5 Å². The number of nitrogens with zero attached hydrogens (tertiary/aromatic N) is 5. The van der Waals surface area contributed by atoms with Crippen LogP contribution in [0.3, 0.4) is 0 Å². The van der Waals surface area contributed by atoms with E-state index in [1.165, 1.54) is 37.1 Å². The van der Waals surface area contributed by atoms with E-state index in [2.05, 4.69) is 26.3 Å². The molecule has 116 valence electrons. The van der Waals surface area contributed by atoms with Gasteiger partial charge in [-0.25, -0.2) is 0 Å². The zero-order valence-corrected chi connectivity index (χ0v) is 12.6. The first-order valence-corrected chi connectivity index (χ1v) is 8.43. The maximum atomic E-state index is 9.52. The molecule has 3 atom stereocenters. The molecular formula is C16H21N5O. The van der Waals surface area contributed by atoms with Gasteiger partial charge in [-0.2, -0.15) is 9.61 Å². The molecule has 0 aromatic carbocycles. The molecule has 3 fully saturated rings. The molecule has 1 unspecified atom stereocenters. The summed E-state index contributed by atoms with van der Waals surface area (Å²) < 4.78 is 1.85. The van der Waals surface area contributed by atoms with Gasteiger partial charge in [0, 0.05) is 24.6 Å². The van der Waals surface area contributed by atoms with Gasteiger partial charge >= 0.3 is 0 Å². The van der Waals surface area contributed by atoms with Crippen LogP contribution in [0.1, 0.15) is 50.1 Å². The topological polar surface area (TPSA) is 66.5 Å². The second-order valence-corrected chi connectivity index (χ2v) is 7.14. The van der Waals surface area contributed by atoms with Gasteiger partial charge < -0.3 is 10.0 Å². The molecule has 2 saturated heterocycles. The molecule has 6 nitrogen and oxygen atoms in total. The molecule has 6 heteroatoms. The minimum absolute atomic E-state index is 0.324. The zero-order valence-electron chi connectivity index (χ0n) is 12.6. The van der Waals surface area contributed by atoms with Crippen molar-refractivity contribution in [2.75, 3.05) is 11.5 Å². The van der Waals surface area contributed by atoms with E-state index in [-0.39, 0.29) is 0 Å². The van der Waals surface area contributed by atoms with Crippen molar-refractivity contribution in [3.8, 4) is 0 Å². The van der Waals surface area contributed by atoms with Gasteiger partial charge in [-0.3, -0.25) is 0 Å². The molecule has 0 radical (unpaired) electrons. The van der Waals surface area contributed by atoms with E-state index < -0.39 is 0 Å². The first-order chi connectivity index (χ1) is 10.8. The maximum Gasteiger partial charge on any atom is 0.200 e. The number of anilines is 1. The van der Waals surface area contributed by atoms with Crippen molar-refractivity contribution >= 4 is 11.3 Å². The standard InChI is InChI=1S/C16H21N5O/c22-8-10-5-12-3-4-13(6-10)21(12)15-7-14(11-1-2-11)19-20-9-17-18-16(15)20/h7,9-13,22H,1-6,8H2/t10?,12-,13+. The molecule has 1 N–H and O–H groups in total. The average molecular weight is 299 g/mol. The van der Waals surface area contributed by atoms with Crippen LogP contribution in [-0.4, -0.2) is 43.6 Å². The molecular weight excluding hydrogens is 278 g/mol. The number of piperidine rings is 1. The summed E-state index contributed by atoms with van der Waals surface area (Å²) >= 11 is 0. The molecule has 1 aliphatic carbocycles. The van der Waals surface area contributed by atoms with Crippen molar-refractivity contribution in [1.82, 2.24) is 19.8 Å². The van der Waals surface area contributed by atoms with Crippen molar-refractivity contribution in [1.29, 1.82) is 0 Å². The molecule has 2 aromatic heterocycles. The third-order valence-corrected chi connectivity index (χ3v) is 5.63. The van der Waals surface area contributed by atoms with E-state index in [0.717, 1.165) is 18.5 Å². The molecule has 2 bridgehead atoms. The summed E-state index contributed by atoms with van der Waals surface area (Å²) in [6.45, 7) is 0.324. The van der Waals surface area contributed by atoms with E-state index in [4.69, 9.17) is 0 Å². The third kappa shape index (κ3) is 1.86. The third-order valence-electron chi connectivity index (χ3n) is 5.63. The van der Waals surface area contributed by atoms with Gasteiger partial charge in [0.05, 0.1) is 11.4 Å². The van der Waals surface area contributed by atoms with Crippen molar-refractivity contribution in [3.05, 3.63) is 18.1 Å². The van der Waals surface area contributed by atoms with E-state index >= 15 is 0 Å². The summed E-state index contributed by atoms with van der Waals surface area (Å²) in [5.41, 5.74) is 3.27. The zero-order chi connectivity index (χ0) is 14.7. The summed E-state index contributed by atoms with van der Waals surface area (Å²) in [5, 5.41) is 22.6. The first kappa shape index (κ1) is 12.8. The number of fused-ring (bicyclic) bond motifs is 3. The lowest BCUT2D eigenvalue weighted by Gasteiger charge is -2.40. The van der Waals surface area contributed by atoms with Crippen LogP contribution in [0.15, 0.2) is 12.4 Å². The van der Waals surface area contributed by atoms with Crippen LogP contribution in [0.4, 0.5) is 5.69 Å². The van der Waals surface area contributed by atoms with Gasteiger partial charge in [-0.15, -0.1) is 10.2 Å². The predicted molar refractivity (Wildman–Crippen MR) is 81.9 cm³/mol. The van der Waals surface area contributed by atoms with Crippen LogP contribution in [0.25, 0.3) is 5.65 Å². The molecule has 4 heterocycles. The van der Waals surface area contributed by atoms with Crippen LogP contribution >= 0.6 is 0 Å². The van der Waals surface area contributed by atoms with E-state index in [1.807, 2.05) is 4.52 Å². The van der Waals surface area contributed by atoms with Crippen LogP contribution < -0.4 is 4.90 Å². The second kappa shape index (κ2) is 4.65. The average Bonchev–Trinajstić information content (AvgIpc) is 3.23. The van der Waals surface area contributed by atoms with Gasteiger partial charge in [0.15, 0.2) is 0 Å². The normalized spacial score (nSPS) is 31.1. The van der Waals surface area contributed by atoms with Crippen LogP contribution in [0.5, 0.6) is 0 Å². The Morgan fingerprint density at radius 1 is 1.14 bits per heavy atom. The highest BCUT2D eigenvalue weighted by Crippen LogP contribution is 2.45. The SMILES string of the molecule is OCC1C[C@H]2CC[C@@H](C1)N2c1cc(C2CC2)nn2cnnc12. The number of rotatable bonds is 3. The number of aliphatic hydroxyl groups is 1. The van der Waals surface area contributed by atoms with Gasteiger partial charge in [0.25, 0.3) is 0 Å². The van der Waals surface area contributed by atoms with Crippen LogP contribution in [0, 0.1) is 5.92 Å². The predicted octanol–water partition coefficient (Wildman–Crippen LogP) is 1.74. The Morgan fingerprint density at radius 2 is 1.91 bits per heavy atom. The van der Waals surface area contributed by atoms with Crippen molar-refractivity contribution in [3.63, 3.8) is 0 Å². The summed E-state index contributed by atoms with van der Waals surface area (Å²) in [6.07, 6.45) is 8.85. The second-order valence-electron chi connectivity index (χ2n) is 7.14. The van der Waals surface area contributed by atoms with Crippen molar-refractivity contribution in [2.45, 2.75) is 56.5 Å². The largest absolute Gasteiger partial charge is 0.396 e. The summed E-state index contributed by atoms with van der Waals surface area (Å²) in [4.78, 5) is 2.56. The number of aromatic nitrogens is 4. The lowest BCUT2D eigenvalue weighted by molar-refractivity contribution is 0.186. The Labute approximate surface area is 129 Å². The van der Waals surface area contributed by atoms with Gasteiger partial charge in [0.1, 0.15) is 6.33 Å². The summed E-state index contributed by atoms with van der Waals surface area (Å²) in [6, 6.07) is 3.32. The highest BCUT2D eigenvalue weighted by molar-refractivity contribution is 5.70. The lowest BCUT2D eigenvalue weighted by Crippen LogP contribution is -2.44. The Hall–Kier alpha value is -1.69. The Balaban J connectivity index is 1.60. The molecule has 1 saturated carbocycles.